The Morgan fingerprint density at radius 2 is 2.00 bits per heavy atom. The molecule has 1 aromatic carbocycles. The van der Waals surface area contributed by atoms with E-state index in [0.29, 0.717) is 5.69 Å². The molecule has 0 radical (unpaired) electrons. The molecule has 0 spiro atoms. The van der Waals surface area contributed by atoms with E-state index in [1.54, 1.807) is 12.1 Å². The highest BCUT2D eigenvalue weighted by Crippen LogP contribution is 2.29. The molecule has 0 aliphatic rings. The Morgan fingerprint density at radius 3 is 2.60 bits per heavy atom. The van der Waals surface area contributed by atoms with Gasteiger partial charge in [-0.15, -0.1) is 0 Å². The van der Waals surface area contributed by atoms with Gasteiger partial charge in [-0.2, -0.15) is 0 Å². The minimum Gasteiger partial charge on any atom is -0.494 e. The van der Waals surface area contributed by atoms with Crippen LogP contribution in [0.5, 0.6) is 5.75 Å². The van der Waals surface area contributed by atoms with E-state index in [0.717, 1.165) is 0 Å². The van der Waals surface area contributed by atoms with Gasteiger partial charge >= 0.3 is 5.97 Å². The second kappa shape index (κ2) is 5.88. The first kappa shape index (κ1) is 14.3. The molecule has 0 amide bonds. The van der Waals surface area contributed by atoms with Crippen LogP contribution in [0.2, 0.25) is 5.15 Å². The summed E-state index contributed by atoms with van der Waals surface area (Å²) >= 11 is 5.91. The fourth-order valence-electron chi connectivity index (χ4n) is 1.71. The fourth-order valence-corrected chi connectivity index (χ4v) is 1.94. The summed E-state index contributed by atoms with van der Waals surface area (Å²) in [6.07, 6.45) is 0. The number of pyridine rings is 1. The molecular weight excluding hydrogens is 285 g/mol. The van der Waals surface area contributed by atoms with Crippen LogP contribution in [0.1, 0.15) is 10.4 Å². The predicted molar refractivity (Wildman–Crippen MR) is 72.5 cm³/mol. The lowest BCUT2D eigenvalue weighted by Crippen LogP contribution is -2.04. The van der Waals surface area contributed by atoms with Gasteiger partial charge in [0.1, 0.15) is 5.15 Å². The van der Waals surface area contributed by atoms with Crippen LogP contribution in [0.3, 0.4) is 0 Å². The average molecular weight is 296 g/mol. The summed E-state index contributed by atoms with van der Waals surface area (Å²) in [6.45, 7) is 0. The first-order valence-corrected chi connectivity index (χ1v) is 6.04. The summed E-state index contributed by atoms with van der Waals surface area (Å²) in [5, 5.41) is -0.0448. The van der Waals surface area contributed by atoms with Gasteiger partial charge in [-0.05, 0) is 24.3 Å². The van der Waals surface area contributed by atoms with E-state index >= 15 is 0 Å². The maximum Gasteiger partial charge on any atom is 0.341 e. The van der Waals surface area contributed by atoms with Crippen molar-refractivity contribution in [2.75, 3.05) is 14.2 Å². The molecule has 0 aliphatic carbocycles. The smallest absolute Gasteiger partial charge is 0.341 e. The van der Waals surface area contributed by atoms with E-state index in [9.17, 15) is 9.18 Å². The minimum atomic E-state index is -0.597. The van der Waals surface area contributed by atoms with Crippen molar-refractivity contribution < 1.29 is 18.7 Å². The van der Waals surface area contributed by atoms with Gasteiger partial charge in [-0.1, -0.05) is 17.7 Å². The number of hydrogen-bond donors (Lipinski definition) is 0. The highest BCUT2D eigenvalue weighted by molar-refractivity contribution is 6.32. The molecule has 1 heterocycles. The number of esters is 1. The molecular formula is C14H11ClFNO3. The van der Waals surface area contributed by atoms with Gasteiger partial charge in [-0.25, -0.2) is 14.2 Å². The second-order valence-corrected chi connectivity index (χ2v) is 4.21. The normalized spacial score (nSPS) is 10.2. The molecule has 0 saturated heterocycles. The van der Waals surface area contributed by atoms with Crippen LogP contribution < -0.4 is 4.74 Å². The Labute approximate surface area is 120 Å². The lowest BCUT2D eigenvalue weighted by atomic mass is 10.1. The van der Waals surface area contributed by atoms with Crippen LogP contribution in [0.25, 0.3) is 11.3 Å². The summed E-state index contributed by atoms with van der Waals surface area (Å²) < 4.78 is 23.6. The van der Waals surface area contributed by atoms with E-state index in [2.05, 4.69) is 9.72 Å². The zero-order valence-electron chi connectivity index (χ0n) is 10.8. The van der Waals surface area contributed by atoms with Crippen LogP contribution in [-0.2, 0) is 4.74 Å². The molecule has 104 valence electrons. The van der Waals surface area contributed by atoms with Crippen molar-refractivity contribution in [1.29, 1.82) is 0 Å². The lowest BCUT2D eigenvalue weighted by Gasteiger charge is -2.08. The molecule has 0 aliphatic heterocycles. The monoisotopic (exact) mass is 295 g/mol. The van der Waals surface area contributed by atoms with Crippen molar-refractivity contribution in [2.24, 2.45) is 0 Å². The van der Waals surface area contributed by atoms with Gasteiger partial charge in [0.05, 0.1) is 25.5 Å². The molecule has 0 fully saturated rings. The van der Waals surface area contributed by atoms with Crippen molar-refractivity contribution in [1.82, 2.24) is 4.98 Å². The van der Waals surface area contributed by atoms with Gasteiger partial charge in [0.15, 0.2) is 11.6 Å². The Bertz CT molecular complexity index is 661. The van der Waals surface area contributed by atoms with Gasteiger partial charge in [0.25, 0.3) is 0 Å². The summed E-state index contributed by atoms with van der Waals surface area (Å²) in [6, 6.07) is 7.63. The van der Waals surface area contributed by atoms with E-state index in [4.69, 9.17) is 16.3 Å². The van der Waals surface area contributed by atoms with Crippen LogP contribution in [0.4, 0.5) is 4.39 Å². The third kappa shape index (κ3) is 2.58. The molecule has 4 nitrogen and oxygen atoms in total. The maximum atomic E-state index is 14.1. The number of hydrogen-bond acceptors (Lipinski definition) is 4. The highest BCUT2D eigenvalue weighted by Gasteiger charge is 2.16. The number of ether oxygens (including phenoxy) is 2. The molecule has 0 saturated carbocycles. The number of aromatic nitrogens is 1. The van der Waals surface area contributed by atoms with E-state index in [1.807, 2.05) is 0 Å². The molecule has 0 atom stereocenters. The zero-order chi connectivity index (χ0) is 14.7. The summed E-state index contributed by atoms with van der Waals surface area (Å²) in [4.78, 5) is 15.4. The standard InChI is InChI=1S/C14H11ClFNO3/c1-19-11-5-3-4-8(12(11)16)10-7-6-9(13(15)17-10)14(18)20-2/h3-7H,1-2H3. The van der Waals surface area contributed by atoms with Gasteiger partial charge < -0.3 is 9.47 Å². The van der Waals surface area contributed by atoms with Crippen molar-refractivity contribution in [3.05, 3.63) is 46.9 Å². The largest absolute Gasteiger partial charge is 0.494 e. The summed E-state index contributed by atoms with van der Waals surface area (Å²) in [7, 11) is 2.62. The molecule has 2 aromatic rings. The maximum absolute atomic E-state index is 14.1. The Hall–Kier alpha value is -2.14. The third-order valence-electron chi connectivity index (χ3n) is 2.71. The number of carbonyl (C=O) groups is 1. The van der Waals surface area contributed by atoms with E-state index in [-0.39, 0.29) is 22.0 Å². The molecule has 0 N–H and O–H groups in total. The average Bonchev–Trinajstić information content (AvgIpc) is 2.46. The molecule has 1 aromatic heterocycles. The van der Waals surface area contributed by atoms with E-state index < -0.39 is 11.8 Å². The second-order valence-electron chi connectivity index (χ2n) is 3.85. The predicted octanol–water partition coefficient (Wildman–Crippen LogP) is 3.34. The zero-order valence-corrected chi connectivity index (χ0v) is 11.6. The quantitative estimate of drug-likeness (QED) is 0.644. The van der Waals surface area contributed by atoms with Crippen molar-refractivity contribution in [3.8, 4) is 17.0 Å². The van der Waals surface area contributed by atoms with Crippen molar-refractivity contribution in [2.45, 2.75) is 0 Å². The van der Waals surface area contributed by atoms with Crippen LogP contribution in [0, 0.1) is 5.82 Å². The Kier molecular flexibility index (Phi) is 4.20. The van der Waals surface area contributed by atoms with Gasteiger partial charge in [0, 0.05) is 5.56 Å². The van der Waals surface area contributed by atoms with Crippen LogP contribution in [0.15, 0.2) is 30.3 Å². The number of benzene rings is 1. The highest BCUT2D eigenvalue weighted by atomic mass is 35.5. The summed E-state index contributed by atoms with van der Waals surface area (Å²) in [5.41, 5.74) is 0.669. The Balaban J connectivity index is 2.50. The lowest BCUT2D eigenvalue weighted by molar-refractivity contribution is 0.0600. The minimum absolute atomic E-state index is 0.0448. The van der Waals surface area contributed by atoms with Crippen molar-refractivity contribution in [3.63, 3.8) is 0 Å². The molecule has 2 rings (SSSR count). The number of rotatable bonds is 3. The number of methoxy groups -OCH3 is 2. The van der Waals surface area contributed by atoms with Gasteiger partial charge in [-0.3, -0.25) is 0 Å². The van der Waals surface area contributed by atoms with Gasteiger partial charge in [0.2, 0.25) is 0 Å². The van der Waals surface area contributed by atoms with Crippen molar-refractivity contribution >= 4 is 17.6 Å². The van der Waals surface area contributed by atoms with Crippen LogP contribution >= 0.6 is 11.6 Å². The van der Waals surface area contributed by atoms with Crippen LogP contribution in [-0.4, -0.2) is 25.2 Å². The number of carbonyl (C=O) groups excluding carboxylic acids is 1. The molecule has 6 heteroatoms. The SMILES string of the molecule is COC(=O)c1ccc(-c2cccc(OC)c2F)nc1Cl. The number of nitrogens with zero attached hydrogens (tertiary/aromatic N) is 1. The third-order valence-corrected chi connectivity index (χ3v) is 3.00. The summed E-state index contributed by atoms with van der Waals surface area (Å²) in [5.74, 6) is -1.03. The molecule has 20 heavy (non-hydrogen) atoms. The Morgan fingerprint density at radius 1 is 1.25 bits per heavy atom. The molecule has 0 unspecified atom stereocenters. The topological polar surface area (TPSA) is 48.4 Å². The first-order chi connectivity index (χ1) is 9.58. The molecule has 0 bridgehead atoms. The number of halogens is 2. The fraction of sp³-hybridized carbons (Fsp3) is 0.143. The first-order valence-electron chi connectivity index (χ1n) is 5.66. The van der Waals surface area contributed by atoms with E-state index in [1.165, 1.54) is 32.4 Å².